The van der Waals surface area contributed by atoms with Gasteiger partial charge in [0.25, 0.3) is 0 Å². The first-order valence-corrected chi connectivity index (χ1v) is 34.2. The molecule has 0 radical (unpaired) electrons. The van der Waals surface area contributed by atoms with E-state index >= 15 is 0 Å². The number of aliphatic hydroxyl groups is 2. The van der Waals surface area contributed by atoms with Crippen LogP contribution in [-0.2, 0) is 4.79 Å². The minimum absolute atomic E-state index is 0.0766. The number of nitrogens with one attached hydrogen (secondary N) is 1. The summed E-state index contributed by atoms with van der Waals surface area (Å²) in [5.74, 6) is -0.0766. The zero-order chi connectivity index (χ0) is 56.9. The van der Waals surface area contributed by atoms with E-state index in [2.05, 4.69) is 129 Å². The first-order valence-electron chi connectivity index (χ1n) is 34.2. The van der Waals surface area contributed by atoms with Crippen LogP contribution in [0.4, 0.5) is 0 Å². The van der Waals surface area contributed by atoms with Crippen molar-refractivity contribution in [1.82, 2.24) is 5.32 Å². The van der Waals surface area contributed by atoms with Crippen molar-refractivity contribution in [1.29, 1.82) is 0 Å². The summed E-state index contributed by atoms with van der Waals surface area (Å²) in [6.45, 7) is 4.20. The van der Waals surface area contributed by atoms with E-state index in [0.29, 0.717) is 6.42 Å². The second-order valence-corrected chi connectivity index (χ2v) is 22.8. The van der Waals surface area contributed by atoms with Gasteiger partial charge in [-0.15, -0.1) is 0 Å². The Balaban J connectivity index is 3.52. The van der Waals surface area contributed by atoms with Gasteiger partial charge in [-0.25, -0.2) is 0 Å². The minimum atomic E-state index is -0.877. The van der Waals surface area contributed by atoms with E-state index < -0.39 is 12.1 Å². The summed E-state index contributed by atoms with van der Waals surface area (Å²) in [6.07, 6.45) is 106. The molecule has 0 saturated carbocycles. The number of hydrogen-bond donors (Lipinski definition) is 3. The van der Waals surface area contributed by atoms with Crippen molar-refractivity contribution in [3.63, 3.8) is 0 Å². The molecule has 0 bridgehead atoms. The van der Waals surface area contributed by atoms with Crippen LogP contribution in [0.25, 0.3) is 0 Å². The summed E-state index contributed by atoms with van der Waals surface area (Å²) in [5, 5.41) is 23.2. The molecule has 0 aromatic carbocycles. The third kappa shape index (κ3) is 65.5. The van der Waals surface area contributed by atoms with Crippen molar-refractivity contribution < 1.29 is 15.0 Å². The van der Waals surface area contributed by atoms with E-state index in [1.54, 1.807) is 6.08 Å². The molecule has 2 unspecified atom stereocenters. The number of allylic oxidation sites excluding steroid dienone is 19. The van der Waals surface area contributed by atoms with Gasteiger partial charge in [0.1, 0.15) is 0 Å². The zero-order valence-corrected chi connectivity index (χ0v) is 52.4. The van der Waals surface area contributed by atoms with Crippen LogP contribution in [-0.4, -0.2) is 34.9 Å². The van der Waals surface area contributed by atoms with Crippen LogP contribution < -0.4 is 5.32 Å². The Morgan fingerprint density at radius 2 is 0.570 bits per heavy atom. The van der Waals surface area contributed by atoms with Gasteiger partial charge >= 0.3 is 0 Å². The van der Waals surface area contributed by atoms with Crippen LogP contribution in [0.3, 0.4) is 0 Å². The molecule has 0 aliphatic heterocycles. The quantitative estimate of drug-likeness (QED) is 0.0420. The van der Waals surface area contributed by atoms with Crippen molar-refractivity contribution in [3.05, 3.63) is 122 Å². The zero-order valence-electron chi connectivity index (χ0n) is 52.4. The Hall–Kier alpha value is -3.21. The molecule has 0 saturated heterocycles. The molecule has 0 rings (SSSR count). The van der Waals surface area contributed by atoms with Crippen molar-refractivity contribution in [2.24, 2.45) is 0 Å². The Morgan fingerprint density at radius 1 is 0.316 bits per heavy atom. The van der Waals surface area contributed by atoms with Gasteiger partial charge in [0.15, 0.2) is 0 Å². The summed E-state index contributed by atoms with van der Waals surface area (Å²) in [6, 6.07) is -0.652. The monoisotopic (exact) mass is 1090 g/mol. The molecule has 1 amide bonds. The van der Waals surface area contributed by atoms with Crippen LogP contribution in [0.15, 0.2) is 122 Å². The summed E-state index contributed by atoms with van der Waals surface area (Å²) in [5.41, 5.74) is 0. The molecule has 0 aliphatic carbocycles. The lowest BCUT2D eigenvalue weighted by molar-refractivity contribution is -0.123. The largest absolute Gasteiger partial charge is 0.394 e. The van der Waals surface area contributed by atoms with E-state index in [9.17, 15) is 15.0 Å². The van der Waals surface area contributed by atoms with E-state index in [-0.39, 0.29) is 12.5 Å². The van der Waals surface area contributed by atoms with Crippen LogP contribution >= 0.6 is 0 Å². The Morgan fingerprint density at radius 3 is 0.886 bits per heavy atom. The van der Waals surface area contributed by atoms with Crippen LogP contribution in [0.2, 0.25) is 0 Å². The first-order chi connectivity index (χ1) is 39.2. The number of rotatable bonds is 62. The van der Waals surface area contributed by atoms with Gasteiger partial charge < -0.3 is 15.5 Å². The second kappa shape index (κ2) is 69.1. The Bertz CT molecular complexity index is 1520. The molecule has 4 nitrogen and oxygen atoms in total. The fourth-order valence-electron chi connectivity index (χ4n) is 10.0. The highest BCUT2D eigenvalue weighted by Gasteiger charge is 2.18. The van der Waals surface area contributed by atoms with Gasteiger partial charge in [0.2, 0.25) is 5.91 Å². The molecule has 0 spiro atoms. The number of amides is 1. The summed E-state index contributed by atoms with van der Waals surface area (Å²) < 4.78 is 0. The smallest absolute Gasteiger partial charge is 0.220 e. The highest BCUT2D eigenvalue weighted by Crippen LogP contribution is 2.17. The predicted molar refractivity (Wildman–Crippen MR) is 354 cm³/mol. The molecule has 0 aromatic rings. The summed E-state index contributed by atoms with van der Waals surface area (Å²) >= 11 is 0. The topological polar surface area (TPSA) is 69.6 Å². The molecule has 2 atom stereocenters. The fraction of sp³-hybridized carbons (Fsp3) is 0.720. The van der Waals surface area contributed by atoms with Crippen molar-refractivity contribution in [3.8, 4) is 0 Å². The maximum Gasteiger partial charge on any atom is 0.220 e. The second-order valence-electron chi connectivity index (χ2n) is 22.8. The summed E-state index contributed by atoms with van der Waals surface area (Å²) in [7, 11) is 0. The van der Waals surface area contributed by atoms with E-state index in [1.807, 2.05) is 6.08 Å². The normalized spacial score (nSPS) is 13.5. The molecular formula is C75H131NO3. The third-order valence-electron chi connectivity index (χ3n) is 15.2. The SMILES string of the molecule is CC/C=C\C/C=C\C/C=C\C/C=C\C/C=C\C/C=C\C/C=C\CCCCCCCCCCCCCCCCCCCCCC(=O)NC(CO)C(O)/C=C/CC/C=C/CC/C=C/CCCCCCCCCCCCCCCCCC. The van der Waals surface area contributed by atoms with E-state index in [0.717, 1.165) is 83.5 Å². The molecule has 0 fully saturated rings. The van der Waals surface area contributed by atoms with Crippen LogP contribution in [0.1, 0.15) is 328 Å². The average molecular weight is 1090 g/mol. The highest BCUT2D eigenvalue weighted by molar-refractivity contribution is 5.76. The maximum atomic E-state index is 12.5. The van der Waals surface area contributed by atoms with E-state index in [4.69, 9.17) is 0 Å². The summed E-state index contributed by atoms with van der Waals surface area (Å²) in [4.78, 5) is 12.5. The average Bonchev–Trinajstić information content (AvgIpc) is 3.45. The molecule has 0 aromatic heterocycles. The highest BCUT2D eigenvalue weighted by atomic mass is 16.3. The van der Waals surface area contributed by atoms with Gasteiger partial charge in [0, 0.05) is 6.42 Å². The van der Waals surface area contributed by atoms with Crippen molar-refractivity contribution in [2.45, 2.75) is 341 Å². The van der Waals surface area contributed by atoms with Gasteiger partial charge in [0.05, 0.1) is 18.8 Å². The number of carbonyl (C=O) groups excluding carboxylic acids is 1. The van der Waals surface area contributed by atoms with Crippen LogP contribution in [0.5, 0.6) is 0 Å². The number of carbonyl (C=O) groups is 1. The van der Waals surface area contributed by atoms with Crippen molar-refractivity contribution >= 4 is 5.91 Å². The van der Waals surface area contributed by atoms with Gasteiger partial charge in [-0.1, -0.05) is 341 Å². The lowest BCUT2D eigenvalue weighted by Crippen LogP contribution is -2.45. The standard InChI is InChI=1S/C75H131NO3/c1-3-5-7-9-11-13-15-17-19-21-23-25-27-29-31-32-33-34-35-36-37-38-39-40-41-42-43-44-45-47-49-51-53-55-57-59-61-63-65-67-69-71-75(79)76-73(72-77)74(78)70-68-66-64-62-60-58-56-54-52-50-48-46-30-28-26-24-22-20-18-16-14-12-10-8-6-4-2/h5,7,11,13,17,19,23,25,29,31,33-34,36-37,52,54,60,62,68,70,73-74,77-78H,3-4,6,8-10,12,14-16,18,20-22,24,26-28,30,32,35,38-51,53,55-59,61,63-67,69,71-72H2,1-2H3,(H,76,79)/b7-5-,13-11-,19-17-,25-23-,31-29-,34-33-,37-36-,54-52+,62-60+,70-68+. The molecule has 0 aliphatic rings. The third-order valence-corrected chi connectivity index (χ3v) is 15.2. The molecular weight excluding hydrogens is 963 g/mol. The fourth-order valence-corrected chi connectivity index (χ4v) is 10.0. The predicted octanol–water partition coefficient (Wildman–Crippen LogP) is 23.5. The van der Waals surface area contributed by atoms with E-state index in [1.165, 1.54) is 225 Å². The van der Waals surface area contributed by atoms with Gasteiger partial charge in [-0.2, -0.15) is 0 Å². The van der Waals surface area contributed by atoms with Crippen LogP contribution in [0, 0.1) is 0 Å². The molecule has 3 N–H and O–H groups in total. The van der Waals surface area contributed by atoms with Gasteiger partial charge in [-0.05, 0) is 103 Å². The Labute approximate surface area is 492 Å². The number of unbranched alkanes of at least 4 members (excludes halogenated alkanes) is 37. The lowest BCUT2D eigenvalue weighted by Gasteiger charge is -2.19. The first kappa shape index (κ1) is 75.8. The molecule has 79 heavy (non-hydrogen) atoms. The number of aliphatic hydroxyl groups excluding tert-OH is 2. The van der Waals surface area contributed by atoms with Gasteiger partial charge in [-0.3, -0.25) is 4.79 Å². The van der Waals surface area contributed by atoms with Crippen molar-refractivity contribution in [2.75, 3.05) is 6.61 Å². The number of hydrogen-bond acceptors (Lipinski definition) is 3. The molecule has 454 valence electrons. The Kier molecular flexibility index (Phi) is 66.3. The molecule has 0 heterocycles. The minimum Gasteiger partial charge on any atom is -0.394 e. The lowest BCUT2D eigenvalue weighted by atomic mass is 10.0. The molecule has 4 heteroatoms. The maximum absolute atomic E-state index is 12.5.